The molecule has 3 atom stereocenters. The van der Waals surface area contributed by atoms with Gasteiger partial charge in [0.05, 0.1) is 24.3 Å². The van der Waals surface area contributed by atoms with Gasteiger partial charge in [-0.05, 0) is 24.8 Å². The first kappa shape index (κ1) is 25.0. The van der Waals surface area contributed by atoms with Crippen LogP contribution in [0.1, 0.15) is 64.0 Å². The van der Waals surface area contributed by atoms with Crippen molar-refractivity contribution in [3.05, 3.63) is 65.7 Å². The molecule has 1 heterocycles. The van der Waals surface area contributed by atoms with Gasteiger partial charge in [-0.25, -0.2) is 0 Å². The zero-order valence-corrected chi connectivity index (χ0v) is 20.5. The minimum atomic E-state index is -0.623. The molecule has 0 saturated carbocycles. The second-order valence-electron chi connectivity index (χ2n) is 9.55. The summed E-state index contributed by atoms with van der Waals surface area (Å²) in [5.74, 6) is -0.0232. The van der Waals surface area contributed by atoms with Crippen LogP contribution in [0, 0.1) is 11.8 Å². The van der Waals surface area contributed by atoms with E-state index in [2.05, 4.69) is 55.3 Å². The summed E-state index contributed by atoms with van der Waals surface area (Å²) in [4.78, 5) is 20.6. The number of carbonyl (C=O) groups is 1. The van der Waals surface area contributed by atoms with Crippen molar-refractivity contribution in [1.82, 2.24) is 5.32 Å². The van der Waals surface area contributed by atoms with Crippen LogP contribution in [0.2, 0.25) is 0 Å². The molecule has 0 aromatic heterocycles. The number of fused-ring (bicyclic) bond motifs is 1. The highest BCUT2D eigenvalue weighted by atomic mass is 16.3. The summed E-state index contributed by atoms with van der Waals surface area (Å²) in [5.41, 5.74) is 4.06. The van der Waals surface area contributed by atoms with Gasteiger partial charge in [-0.3, -0.25) is 9.79 Å². The summed E-state index contributed by atoms with van der Waals surface area (Å²) in [5, 5.41) is 14.0. The number of nitrogens with zero attached hydrogens (tertiary/aromatic N) is 2. The van der Waals surface area contributed by atoms with E-state index in [-0.39, 0.29) is 5.91 Å². The Hall–Kier alpha value is -2.66. The molecule has 2 aromatic carbocycles. The van der Waals surface area contributed by atoms with Crippen molar-refractivity contribution >= 4 is 17.3 Å². The van der Waals surface area contributed by atoms with Crippen molar-refractivity contribution in [2.75, 3.05) is 18.5 Å². The predicted octanol–water partition coefficient (Wildman–Crippen LogP) is 5.02. The molecule has 0 spiro atoms. The number of aliphatic hydroxyl groups is 1. The van der Waals surface area contributed by atoms with Crippen molar-refractivity contribution in [2.24, 2.45) is 16.8 Å². The second kappa shape index (κ2) is 12.0. The smallest absolute Gasteiger partial charge is 0.227 e. The number of aliphatic imine (C=N–C) groups is 1. The Morgan fingerprint density at radius 3 is 2.48 bits per heavy atom. The van der Waals surface area contributed by atoms with Crippen molar-refractivity contribution < 1.29 is 9.90 Å². The molecule has 3 rings (SSSR count). The molecule has 0 radical (unpaired) electrons. The number of anilines is 1. The maximum absolute atomic E-state index is 13.4. The number of unbranched alkanes of at least 4 members (excludes halogenated alkanes) is 1. The van der Waals surface area contributed by atoms with Gasteiger partial charge in [0.2, 0.25) is 5.91 Å². The Morgan fingerprint density at radius 2 is 1.79 bits per heavy atom. The summed E-state index contributed by atoms with van der Waals surface area (Å²) < 4.78 is 0. The number of para-hydroxylation sites is 1. The zero-order chi connectivity index (χ0) is 23.8. The largest absolute Gasteiger partial charge is 0.392 e. The third-order valence-corrected chi connectivity index (χ3v) is 6.37. The number of amides is 1. The average molecular weight is 450 g/mol. The van der Waals surface area contributed by atoms with Crippen molar-refractivity contribution in [3.8, 4) is 0 Å². The lowest BCUT2D eigenvalue weighted by atomic mass is 9.89. The Balaban J connectivity index is 1.88. The van der Waals surface area contributed by atoms with Gasteiger partial charge in [-0.2, -0.15) is 0 Å². The minimum absolute atomic E-state index is 0.0974. The molecular weight excluding hydrogens is 410 g/mol. The lowest BCUT2D eigenvalue weighted by Crippen LogP contribution is -2.46. The van der Waals surface area contributed by atoms with E-state index in [0.29, 0.717) is 25.3 Å². The lowest BCUT2D eigenvalue weighted by molar-refractivity contribution is -0.129. The fourth-order valence-corrected chi connectivity index (χ4v) is 4.43. The molecule has 1 amide bonds. The van der Waals surface area contributed by atoms with Gasteiger partial charge in [-0.1, -0.05) is 88.6 Å². The molecule has 2 aromatic rings. The standard InChI is InChI=1S/C28H39N3O2/c1-5-6-16-25(32)23(18-17-20(2)3)28(33)30-26-19-31(4)24-15-11-10-14-22(24)27(29-26)21-12-8-7-9-13-21/h7-15,20,23,25-26,32H,5-6,16-19H2,1-4H3,(H,30,33)/t23-,25-,26+/m0/s1. The van der Waals surface area contributed by atoms with Crippen LogP contribution in [0.5, 0.6) is 0 Å². The Morgan fingerprint density at radius 1 is 1.09 bits per heavy atom. The van der Waals surface area contributed by atoms with Crippen LogP contribution in [0.25, 0.3) is 0 Å². The molecule has 5 nitrogen and oxygen atoms in total. The number of rotatable bonds is 10. The zero-order valence-electron chi connectivity index (χ0n) is 20.5. The number of carbonyl (C=O) groups excluding carboxylic acids is 1. The topological polar surface area (TPSA) is 64.9 Å². The monoisotopic (exact) mass is 449 g/mol. The minimum Gasteiger partial charge on any atom is -0.392 e. The van der Waals surface area contributed by atoms with E-state index in [9.17, 15) is 9.90 Å². The molecule has 5 heteroatoms. The SMILES string of the molecule is CCCC[C@H](O)[C@H](CCC(C)C)C(=O)N[C@@H]1CN(C)c2ccccc2C(c2ccccc2)=N1. The van der Waals surface area contributed by atoms with Crippen LogP contribution in [0.3, 0.4) is 0 Å². The maximum atomic E-state index is 13.4. The van der Waals surface area contributed by atoms with Gasteiger partial charge < -0.3 is 15.3 Å². The Labute approximate surface area is 198 Å². The summed E-state index contributed by atoms with van der Waals surface area (Å²) in [7, 11) is 2.04. The summed E-state index contributed by atoms with van der Waals surface area (Å²) >= 11 is 0. The fourth-order valence-electron chi connectivity index (χ4n) is 4.43. The number of likely N-dealkylation sites (N-methyl/N-ethyl adjacent to an activating group) is 1. The number of benzodiazepines with no additional fused rings is 1. The molecule has 0 fully saturated rings. The van der Waals surface area contributed by atoms with E-state index in [0.717, 1.165) is 41.8 Å². The third-order valence-electron chi connectivity index (χ3n) is 6.37. The van der Waals surface area contributed by atoms with E-state index in [1.807, 2.05) is 37.4 Å². The highest BCUT2D eigenvalue weighted by Gasteiger charge is 2.30. The van der Waals surface area contributed by atoms with E-state index in [1.165, 1.54) is 0 Å². The number of benzene rings is 2. The number of hydrogen-bond donors (Lipinski definition) is 2. The van der Waals surface area contributed by atoms with Crippen LogP contribution in [-0.2, 0) is 4.79 Å². The van der Waals surface area contributed by atoms with E-state index in [1.54, 1.807) is 0 Å². The van der Waals surface area contributed by atoms with Crippen LogP contribution in [-0.4, -0.2) is 42.6 Å². The van der Waals surface area contributed by atoms with Crippen molar-refractivity contribution in [3.63, 3.8) is 0 Å². The van der Waals surface area contributed by atoms with Gasteiger partial charge in [0.15, 0.2) is 0 Å². The molecule has 2 N–H and O–H groups in total. The molecule has 0 unspecified atom stereocenters. The van der Waals surface area contributed by atoms with Gasteiger partial charge in [-0.15, -0.1) is 0 Å². The van der Waals surface area contributed by atoms with E-state index < -0.39 is 18.2 Å². The first-order valence-electron chi connectivity index (χ1n) is 12.3. The fraction of sp³-hybridized carbons (Fsp3) is 0.500. The first-order valence-corrected chi connectivity index (χ1v) is 12.3. The van der Waals surface area contributed by atoms with Crippen LogP contribution < -0.4 is 10.2 Å². The molecule has 1 aliphatic rings. The van der Waals surface area contributed by atoms with Crippen LogP contribution in [0.4, 0.5) is 5.69 Å². The number of aliphatic hydroxyl groups excluding tert-OH is 1. The normalized spacial score (nSPS) is 17.7. The van der Waals surface area contributed by atoms with Gasteiger partial charge in [0.25, 0.3) is 0 Å². The molecule has 33 heavy (non-hydrogen) atoms. The predicted molar refractivity (Wildman–Crippen MR) is 137 cm³/mol. The Kier molecular flexibility index (Phi) is 9.07. The molecule has 0 aliphatic carbocycles. The van der Waals surface area contributed by atoms with E-state index >= 15 is 0 Å². The Bertz CT molecular complexity index is 926. The van der Waals surface area contributed by atoms with Gasteiger partial charge >= 0.3 is 0 Å². The molecule has 0 bridgehead atoms. The molecule has 178 valence electrons. The third kappa shape index (κ3) is 6.67. The second-order valence-corrected chi connectivity index (χ2v) is 9.55. The molecular formula is C28H39N3O2. The highest BCUT2D eigenvalue weighted by molar-refractivity contribution is 6.16. The maximum Gasteiger partial charge on any atom is 0.227 e. The lowest BCUT2D eigenvalue weighted by Gasteiger charge is -2.27. The average Bonchev–Trinajstić information content (AvgIpc) is 2.94. The summed E-state index contributed by atoms with van der Waals surface area (Å²) in [6, 6.07) is 18.4. The van der Waals surface area contributed by atoms with Gasteiger partial charge in [0, 0.05) is 23.9 Å². The van der Waals surface area contributed by atoms with Gasteiger partial charge in [0.1, 0.15) is 6.17 Å². The van der Waals surface area contributed by atoms with E-state index in [4.69, 9.17) is 4.99 Å². The summed E-state index contributed by atoms with van der Waals surface area (Å²) in [6.07, 6.45) is 3.16. The van der Waals surface area contributed by atoms with Crippen molar-refractivity contribution in [2.45, 2.75) is 65.1 Å². The first-order chi connectivity index (χ1) is 15.9. The quantitative estimate of drug-likeness (QED) is 0.535. The molecule has 0 saturated heterocycles. The summed E-state index contributed by atoms with van der Waals surface area (Å²) in [6.45, 7) is 6.98. The van der Waals surface area contributed by atoms with Crippen LogP contribution in [0.15, 0.2) is 59.6 Å². The van der Waals surface area contributed by atoms with Crippen molar-refractivity contribution in [1.29, 1.82) is 0 Å². The number of hydrogen-bond acceptors (Lipinski definition) is 4. The highest BCUT2D eigenvalue weighted by Crippen LogP contribution is 2.27. The molecule has 1 aliphatic heterocycles. The van der Waals surface area contributed by atoms with Crippen LogP contribution >= 0.6 is 0 Å². The number of nitrogens with one attached hydrogen (secondary N) is 1.